The molecule has 248 valence electrons. The summed E-state index contributed by atoms with van der Waals surface area (Å²) in [5.41, 5.74) is 11.0. The van der Waals surface area contributed by atoms with Gasteiger partial charge in [0.2, 0.25) is 5.91 Å². The highest BCUT2D eigenvalue weighted by Crippen LogP contribution is 2.44. The van der Waals surface area contributed by atoms with Crippen molar-refractivity contribution < 1.29 is 48.8 Å². The Balaban J connectivity index is 1.70. The molecule has 5 aromatic carbocycles. The predicted octanol–water partition coefficient (Wildman–Crippen LogP) is 5.26. The number of nitrogens with zero attached hydrogens (tertiary/aromatic N) is 4. The second-order valence-electron chi connectivity index (χ2n) is 10.2. The number of phenols is 1. The fourth-order valence-electron chi connectivity index (χ4n) is 4.67. The molecule has 0 heterocycles. The zero-order valence-electron chi connectivity index (χ0n) is 24.2. The van der Waals surface area contributed by atoms with Crippen LogP contribution >= 0.6 is 0 Å². The van der Waals surface area contributed by atoms with Crippen molar-refractivity contribution in [1.82, 2.24) is 0 Å². The summed E-state index contributed by atoms with van der Waals surface area (Å²) in [7, 11) is -14.7. The maximum Gasteiger partial charge on any atom is 0.296 e. The van der Waals surface area contributed by atoms with Crippen molar-refractivity contribution in [2.24, 2.45) is 26.2 Å². The van der Waals surface area contributed by atoms with Crippen molar-refractivity contribution in [3.8, 4) is 5.75 Å². The molecule has 0 saturated carbocycles. The fourth-order valence-corrected chi connectivity index (χ4v) is 6.47. The molecule has 1 amide bonds. The van der Waals surface area contributed by atoms with Crippen molar-refractivity contribution in [3.63, 3.8) is 0 Å². The van der Waals surface area contributed by atoms with Crippen LogP contribution < -0.4 is 11.5 Å². The lowest BCUT2D eigenvalue weighted by Crippen LogP contribution is -2.10. The molecule has 0 fully saturated rings. The summed E-state index contributed by atoms with van der Waals surface area (Å²) in [4.78, 5) is 9.13. The molecule has 48 heavy (non-hydrogen) atoms. The molecule has 0 atom stereocenters. The van der Waals surface area contributed by atoms with Crippen LogP contribution in [0.1, 0.15) is 15.9 Å². The highest BCUT2D eigenvalue weighted by atomic mass is 32.2. The number of hydrogen-bond donors (Lipinski definition) is 6. The monoisotopic (exact) mass is 714 g/mol. The van der Waals surface area contributed by atoms with Crippen LogP contribution in [0.5, 0.6) is 5.75 Å². The van der Waals surface area contributed by atoms with Gasteiger partial charge in [-0.25, -0.2) is 0 Å². The second-order valence-corrected chi connectivity index (χ2v) is 14.4. The van der Waals surface area contributed by atoms with Crippen LogP contribution in [-0.4, -0.2) is 49.9 Å². The van der Waals surface area contributed by atoms with Crippen LogP contribution in [0.15, 0.2) is 102 Å². The first-order chi connectivity index (χ1) is 22.3. The molecule has 0 aromatic heterocycles. The van der Waals surface area contributed by atoms with Gasteiger partial charge in [-0.1, -0.05) is 6.07 Å². The lowest BCUT2D eigenvalue weighted by atomic mass is 10.1. The van der Waals surface area contributed by atoms with E-state index in [4.69, 9.17) is 11.5 Å². The molecule has 0 unspecified atom stereocenters. The van der Waals surface area contributed by atoms with Gasteiger partial charge in [-0.2, -0.15) is 30.4 Å². The molecule has 0 radical (unpaired) electrons. The average Bonchev–Trinajstić information content (AvgIpc) is 2.98. The highest BCUT2D eigenvalue weighted by molar-refractivity contribution is 7.86. The number of rotatable bonds is 8. The van der Waals surface area contributed by atoms with E-state index in [9.17, 15) is 48.8 Å². The van der Waals surface area contributed by atoms with E-state index in [1.807, 2.05) is 0 Å². The Morgan fingerprint density at radius 1 is 0.646 bits per heavy atom. The normalized spacial score (nSPS) is 12.8. The predicted molar refractivity (Wildman–Crippen MR) is 171 cm³/mol. The van der Waals surface area contributed by atoms with Crippen LogP contribution in [0.3, 0.4) is 0 Å². The molecular formula is C28H22N6O11S3. The zero-order valence-corrected chi connectivity index (χ0v) is 26.6. The van der Waals surface area contributed by atoms with E-state index in [2.05, 4.69) is 20.5 Å². The third kappa shape index (κ3) is 6.69. The van der Waals surface area contributed by atoms with E-state index in [-0.39, 0.29) is 38.5 Å². The summed E-state index contributed by atoms with van der Waals surface area (Å²) in [6, 6.07) is 13.1. The average molecular weight is 715 g/mol. The van der Waals surface area contributed by atoms with Crippen molar-refractivity contribution in [1.29, 1.82) is 0 Å². The van der Waals surface area contributed by atoms with Crippen LogP contribution in [0, 0.1) is 6.92 Å². The molecule has 0 aliphatic carbocycles. The number of phenolic OH excluding ortho intramolecular Hbond substituents is 1. The van der Waals surface area contributed by atoms with Crippen molar-refractivity contribution >= 4 is 86.2 Å². The quantitative estimate of drug-likeness (QED) is 0.0681. The van der Waals surface area contributed by atoms with Crippen molar-refractivity contribution in [3.05, 3.63) is 77.9 Å². The van der Waals surface area contributed by atoms with Gasteiger partial charge in [0.15, 0.2) is 5.75 Å². The maximum absolute atomic E-state index is 12.3. The number of carbonyl (C=O) groups excluding carboxylic acids is 1. The van der Waals surface area contributed by atoms with E-state index >= 15 is 0 Å². The van der Waals surface area contributed by atoms with Gasteiger partial charge in [-0.3, -0.25) is 18.5 Å². The Bertz CT molecular complexity index is 2610. The number of hydrogen-bond acceptors (Lipinski definition) is 13. The molecule has 8 N–H and O–H groups in total. The number of anilines is 1. The van der Waals surface area contributed by atoms with Gasteiger partial charge in [-0.15, -0.1) is 15.3 Å². The van der Waals surface area contributed by atoms with Crippen LogP contribution in [0.2, 0.25) is 0 Å². The molecule has 0 saturated heterocycles. The van der Waals surface area contributed by atoms with Crippen molar-refractivity contribution in [2.75, 3.05) is 5.73 Å². The first kappa shape index (κ1) is 34.0. The van der Waals surface area contributed by atoms with Gasteiger partial charge in [-0.05, 0) is 78.5 Å². The molecule has 0 spiro atoms. The number of benzene rings is 5. The highest BCUT2D eigenvalue weighted by Gasteiger charge is 2.25. The minimum absolute atomic E-state index is 0.0156. The minimum atomic E-state index is -5.15. The van der Waals surface area contributed by atoms with E-state index in [1.54, 1.807) is 6.92 Å². The Kier molecular flexibility index (Phi) is 8.50. The number of aromatic hydroxyl groups is 1. The number of primary amides is 1. The van der Waals surface area contributed by atoms with Crippen LogP contribution in [0.4, 0.5) is 28.4 Å². The third-order valence-corrected chi connectivity index (χ3v) is 9.61. The summed E-state index contributed by atoms with van der Waals surface area (Å²) < 4.78 is 101. The smallest absolute Gasteiger partial charge is 0.296 e. The van der Waals surface area contributed by atoms with Gasteiger partial charge < -0.3 is 16.6 Å². The SMILES string of the molecule is Cc1cc(C(N)=O)ccc1N=Nc1ccc(N=Nc2c(S(=O)(=O)O)cc3cc(S(=O)(=O)O)c(N)cc3c2O)c2cc(S(=O)(=O)O)ccc12. The van der Waals surface area contributed by atoms with E-state index in [0.717, 1.165) is 30.3 Å². The Hall–Kier alpha value is -5.38. The summed E-state index contributed by atoms with van der Waals surface area (Å²) in [5.74, 6) is -1.54. The van der Waals surface area contributed by atoms with Crippen LogP contribution in [0.25, 0.3) is 21.5 Å². The summed E-state index contributed by atoms with van der Waals surface area (Å²) in [6.07, 6.45) is 0. The number of nitrogens with two attached hydrogens (primary N) is 2. The Morgan fingerprint density at radius 3 is 1.79 bits per heavy atom. The standard InChI is InChI=1S/C28H22N6O11S3/c1-13-8-14(28(30)36)2-5-21(13)31-32-22-6-7-23(19-11-16(46(37,38)39)3-4-17(19)22)33-34-26-25(48(43,44)45)10-15-9-24(47(40,41)42)20(29)12-18(15)27(26)35/h2-12,35H,29H2,1H3,(H2,30,36)(H,37,38,39)(H,40,41,42)(H,43,44,45). The molecule has 0 bridgehead atoms. The first-order valence-corrected chi connectivity index (χ1v) is 17.4. The largest absolute Gasteiger partial charge is 0.505 e. The lowest BCUT2D eigenvalue weighted by molar-refractivity contribution is 0.1000. The molecule has 20 heteroatoms. The van der Waals surface area contributed by atoms with Gasteiger partial charge in [0.25, 0.3) is 30.4 Å². The van der Waals surface area contributed by atoms with E-state index in [0.29, 0.717) is 11.3 Å². The van der Waals surface area contributed by atoms with Gasteiger partial charge in [0, 0.05) is 21.7 Å². The Labute approximate surface area is 271 Å². The molecule has 5 rings (SSSR count). The van der Waals surface area contributed by atoms with Gasteiger partial charge >= 0.3 is 0 Å². The van der Waals surface area contributed by atoms with E-state index in [1.165, 1.54) is 36.4 Å². The zero-order chi connectivity index (χ0) is 35.3. The number of amides is 1. The Morgan fingerprint density at radius 2 is 1.21 bits per heavy atom. The molecule has 0 aliphatic heterocycles. The third-order valence-electron chi connectivity index (χ3n) is 6.98. The number of carbonyl (C=O) groups is 1. The first-order valence-electron chi connectivity index (χ1n) is 13.1. The number of nitrogen functional groups attached to an aromatic ring is 1. The molecular weight excluding hydrogens is 693 g/mol. The van der Waals surface area contributed by atoms with Crippen molar-refractivity contribution in [2.45, 2.75) is 21.6 Å². The summed E-state index contributed by atoms with van der Waals surface area (Å²) in [5, 5.41) is 26.9. The van der Waals surface area contributed by atoms with Gasteiger partial charge in [0.05, 0.1) is 27.6 Å². The number of azo groups is 2. The second kappa shape index (κ2) is 12.0. The minimum Gasteiger partial charge on any atom is -0.505 e. The fraction of sp³-hybridized carbons (Fsp3) is 0.0357. The molecule has 17 nitrogen and oxygen atoms in total. The van der Waals surface area contributed by atoms with Gasteiger partial charge in [0.1, 0.15) is 15.5 Å². The van der Waals surface area contributed by atoms with Crippen LogP contribution in [-0.2, 0) is 30.4 Å². The lowest BCUT2D eigenvalue weighted by Gasteiger charge is -2.11. The molecule has 5 aromatic rings. The number of aryl methyl sites for hydroxylation is 1. The molecule has 0 aliphatic rings. The number of fused-ring (bicyclic) bond motifs is 2. The van der Waals surface area contributed by atoms with E-state index < -0.39 is 68.1 Å². The topological polar surface area (TPSA) is 302 Å². The summed E-state index contributed by atoms with van der Waals surface area (Å²) in [6.45, 7) is 1.67. The maximum atomic E-state index is 12.3. The summed E-state index contributed by atoms with van der Waals surface area (Å²) >= 11 is 0.